The monoisotopic (exact) mass is 362 g/mol. The molecule has 0 saturated carbocycles. The minimum Gasteiger partial charge on any atom is -0.369 e. The molecule has 1 aliphatic heterocycles. The molecular formula is C22H26N4O. The van der Waals surface area contributed by atoms with Gasteiger partial charge in [-0.15, -0.1) is 0 Å². The number of amides is 1. The highest BCUT2D eigenvalue weighted by Crippen LogP contribution is 2.18. The molecule has 2 aromatic rings. The standard InChI is InChI=1S/C22H26N4O/c1-17(2)25-10-12-26(13-11-25)21-8-6-18(7-9-21)16-24-22(27)20-5-3-4-19(14-20)15-23/h3-9,14,17H,10-13,16H2,1-2H3,(H,24,27). The number of nitriles is 1. The second kappa shape index (κ2) is 8.70. The Morgan fingerprint density at radius 2 is 1.81 bits per heavy atom. The molecule has 0 spiro atoms. The fraction of sp³-hybridized carbons (Fsp3) is 0.364. The molecule has 0 radical (unpaired) electrons. The fourth-order valence-electron chi connectivity index (χ4n) is 3.34. The van der Waals surface area contributed by atoms with Gasteiger partial charge < -0.3 is 10.2 Å². The summed E-state index contributed by atoms with van der Waals surface area (Å²) in [6.07, 6.45) is 0. The Kier molecular flexibility index (Phi) is 6.10. The first-order valence-electron chi connectivity index (χ1n) is 9.43. The molecule has 1 aliphatic rings. The van der Waals surface area contributed by atoms with Crippen molar-refractivity contribution in [3.8, 4) is 6.07 Å². The van der Waals surface area contributed by atoms with Gasteiger partial charge in [0.1, 0.15) is 0 Å². The van der Waals surface area contributed by atoms with Crippen LogP contribution in [0.4, 0.5) is 5.69 Å². The van der Waals surface area contributed by atoms with Crippen LogP contribution >= 0.6 is 0 Å². The summed E-state index contributed by atoms with van der Waals surface area (Å²) in [4.78, 5) is 17.2. The molecule has 3 rings (SSSR count). The molecule has 0 unspecified atom stereocenters. The van der Waals surface area contributed by atoms with Crippen LogP contribution in [0, 0.1) is 11.3 Å². The van der Waals surface area contributed by atoms with Gasteiger partial charge in [0.05, 0.1) is 11.6 Å². The van der Waals surface area contributed by atoms with Crippen molar-refractivity contribution < 1.29 is 4.79 Å². The van der Waals surface area contributed by atoms with Gasteiger partial charge in [-0.25, -0.2) is 0 Å². The van der Waals surface area contributed by atoms with Crippen molar-refractivity contribution >= 4 is 11.6 Å². The van der Waals surface area contributed by atoms with E-state index in [1.54, 1.807) is 24.3 Å². The summed E-state index contributed by atoms with van der Waals surface area (Å²) < 4.78 is 0. The molecule has 0 aromatic heterocycles. The molecule has 27 heavy (non-hydrogen) atoms. The van der Waals surface area contributed by atoms with Crippen molar-refractivity contribution in [3.05, 3.63) is 65.2 Å². The van der Waals surface area contributed by atoms with Gasteiger partial charge in [0.2, 0.25) is 0 Å². The lowest BCUT2D eigenvalue weighted by Gasteiger charge is -2.38. The summed E-state index contributed by atoms with van der Waals surface area (Å²) in [5.41, 5.74) is 3.29. The third-order valence-electron chi connectivity index (χ3n) is 5.05. The average Bonchev–Trinajstić information content (AvgIpc) is 2.72. The molecule has 1 amide bonds. The fourth-order valence-corrected chi connectivity index (χ4v) is 3.34. The van der Waals surface area contributed by atoms with E-state index in [9.17, 15) is 4.79 Å². The average molecular weight is 362 g/mol. The predicted molar refractivity (Wildman–Crippen MR) is 108 cm³/mol. The maximum absolute atomic E-state index is 12.3. The number of carbonyl (C=O) groups excluding carboxylic acids is 1. The smallest absolute Gasteiger partial charge is 0.251 e. The van der Waals surface area contributed by atoms with Gasteiger partial charge in [0.15, 0.2) is 0 Å². The van der Waals surface area contributed by atoms with Crippen molar-refractivity contribution in [2.45, 2.75) is 26.4 Å². The molecule has 0 bridgehead atoms. The summed E-state index contributed by atoms with van der Waals surface area (Å²) in [7, 11) is 0. The van der Waals surface area contributed by atoms with E-state index in [1.807, 2.05) is 0 Å². The van der Waals surface area contributed by atoms with E-state index >= 15 is 0 Å². The Hall–Kier alpha value is -2.84. The number of nitrogens with one attached hydrogen (secondary N) is 1. The summed E-state index contributed by atoms with van der Waals surface area (Å²) in [5, 5.41) is 11.9. The molecule has 1 fully saturated rings. The zero-order valence-corrected chi connectivity index (χ0v) is 16.0. The van der Waals surface area contributed by atoms with Gasteiger partial charge in [-0.2, -0.15) is 5.26 Å². The van der Waals surface area contributed by atoms with Crippen LogP contribution in [0.5, 0.6) is 0 Å². The SMILES string of the molecule is CC(C)N1CCN(c2ccc(CNC(=O)c3cccc(C#N)c3)cc2)CC1. The molecular weight excluding hydrogens is 336 g/mol. The Balaban J connectivity index is 1.53. The lowest BCUT2D eigenvalue weighted by Crippen LogP contribution is -2.48. The number of piperazine rings is 1. The minimum absolute atomic E-state index is 0.166. The number of rotatable bonds is 5. The highest BCUT2D eigenvalue weighted by Gasteiger charge is 2.18. The zero-order chi connectivity index (χ0) is 19.2. The summed E-state index contributed by atoms with van der Waals surface area (Å²) >= 11 is 0. The number of benzene rings is 2. The third-order valence-corrected chi connectivity index (χ3v) is 5.05. The van der Waals surface area contributed by atoms with Crippen molar-refractivity contribution in [2.24, 2.45) is 0 Å². The van der Waals surface area contributed by atoms with E-state index in [1.165, 1.54) is 5.69 Å². The molecule has 0 aliphatic carbocycles. The molecule has 1 saturated heterocycles. The van der Waals surface area contributed by atoms with Crippen LogP contribution in [-0.2, 0) is 6.54 Å². The van der Waals surface area contributed by atoms with Crippen molar-refractivity contribution in [1.29, 1.82) is 5.26 Å². The van der Waals surface area contributed by atoms with Gasteiger partial charge >= 0.3 is 0 Å². The maximum Gasteiger partial charge on any atom is 0.251 e. The Morgan fingerprint density at radius 1 is 1.11 bits per heavy atom. The van der Waals surface area contributed by atoms with Gasteiger partial charge in [0.25, 0.3) is 5.91 Å². The molecule has 5 nitrogen and oxygen atoms in total. The minimum atomic E-state index is -0.166. The number of anilines is 1. The topological polar surface area (TPSA) is 59.4 Å². The van der Waals surface area contributed by atoms with Crippen molar-refractivity contribution in [1.82, 2.24) is 10.2 Å². The Labute approximate surface area is 161 Å². The highest BCUT2D eigenvalue weighted by molar-refractivity contribution is 5.94. The summed E-state index contributed by atoms with van der Waals surface area (Å²) in [6, 6.07) is 17.8. The van der Waals surface area contributed by atoms with E-state index in [-0.39, 0.29) is 5.91 Å². The van der Waals surface area contributed by atoms with Gasteiger partial charge in [-0.1, -0.05) is 18.2 Å². The quantitative estimate of drug-likeness (QED) is 0.888. The molecule has 0 atom stereocenters. The van der Waals surface area contributed by atoms with Crippen LogP contribution < -0.4 is 10.2 Å². The summed E-state index contributed by atoms with van der Waals surface area (Å²) in [5.74, 6) is -0.166. The molecule has 2 aromatic carbocycles. The van der Waals surface area contributed by atoms with Gasteiger partial charge in [0, 0.05) is 50.0 Å². The second-order valence-electron chi connectivity index (χ2n) is 7.16. The maximum atomic E-state index is 12.3. The third kappa shape index (κ3) is 4.87. The molecule has 140 valence electrons. The first kappa shape index (κ1) is 18.9. The van der Waals surface area contributed by atoms with Crippen LogP contribution in [0.2, 0.25) is 0 Å². The van der Waals surface area contributed by atoms with Crippen LogP contribution in [-0.4, -0.2) is 43.0 Å². The number of nitrogens with zero attached hydrogens (tertiary/aromatic N) is 3. The Morgan fingerprint density at radius 3 is 2.44 bits per heavy atom. The van der Waals surface area contributed by atoms with E-state index in [2.05, 4.69) is 59.3 Å². The van der Waals surface area contributed by atoms with Crippen LogP contribution in [0.25, 0.3) is 0 Å². The van der Waals surface area contributed by atoms with Gasteiger partial charge in [-0.05, 0) is 49.7 Å². The zero-order valence-electron chi connectivity index (χ0n) is 16.0. The van der Waals surface area contributed by atoms with Crippen molar-refractivity contribution in [3.63, 3.8) is 0 Å². The lowest BCUT2D eigenvalue weighted by atomic mass is 10.1. The second-order valence-corrected chi connectivity index (χ2v) is 7.16. The lowest BCUT2D eigenvalue weighted by molar-refractivity contribution is 0.0951. The van der Waals surface area contributed by atoms with Crippen molar-refractivity contribution in [2.75, 3.05) is 31.1 Å². The van der Waals surface area contributed by atoms with Crippen LogP contribution in [0.1, 0.15) is 35.3 Å². The molecule has 1 heterocycles. The first-order valence-corrected chi connectivity index (χ1v) is 9.43. The first-order chi connectivity index (χ1) is 13.1. The Bertz CT molecular complexity index is 815. The number of carbonyl (C=O) groups is 1. The van der Waals surface area contributed by atoms with E-state index in [0.29, 0.717) is 23.7 Å². The van der Waals surface area contributed by atoms with Gasteiger partial charge in [-0.3, -0.25) is 9.69 Å². The predicted octanol–water partition coefficient (Wildman–Crippen LogP) is 3.02. The number of hydrogen-bond acceptors (Lipinski definition) is 4. The summed E-state index contributed by atoms with van der Waals surface area (Å²) in [6.45, 7) is 9.24. The highest BCUT2D eigenvalue weighted by atomic mass is 16.1. The molecule has 5 heteroatoms. The van der Waals surface area contributed by atoms with E-state index < -0.39 is 0 Å². The largest absolute Gasteiger partial charge is 0.369 e. The van der Waals surface area contributed by atoms with E-state index in [4.69, 9.17) is 5.26 Å². The number of hydrogen-bond donors (Lipinski definition) is 1. The van der Waals surface area contributed by atoms with Crippen LogP contribution in [0.3, 0.4) is 0 Å². The molecule has 1 N–H and O–H groups in total. The van der Waals surface area contributed by atoms with E-state index in [0.717, 1.165) is 31.7 Å². The normalized spacial score (nSPS) is 14.8. The van der Waals surface area contributed by atoms with Crippen LogP contribution in [0.15, 0.2) is 48.5 Å².